The largest absolute Gasteiger partial charge is 1.00 e. The van der Waals surface area contributed by atoms with Crippen molar-refractivity contribution in [1.29, 1.82) is 5.41 Å². The lowest BCUT2D eigenvalue weighted by Crippen LogP contribution is -2.17. The van der Waals surface area contributed by atoms with E-state index in [1.165, 1.54) is 0 Å². The lowest BCUT2D eigenvalue weighted by Gasteiger charge is -2.11. The van der Waals surface area contributed by atoms with Crippen molar-refractivity contribution in [3.63, 3.8) is 0 Å². The van der Waals surface area contributed by atoms with Gasteiger partial charge in [0.1, 0.15) is 5.49 Å². The van der Waals surface area contributed by atoms with Crippen LogP contribution in [0.1, 0.15) is 18.6 Å². The van der Waals surface area contributed by atoms with Gasteiger partial charge in [-0.3, -0.25) is 15.5 Å². The molecule has 0 amide bonds. The van der Waals surface area contributed by atoms with Crippen molar-refractivity contribution in [3.8, 4) is 0 Å². The van der Waals surface area contributed by atoms with E-state index in [9.17, 15) is 10.1 Å². The number of hydrogen-bond donors (Lipinski definition) is 1. The number of rotatable bonds is 4. The zero-order chi connectivity index (χ0) is 13.7. The molecule has 5 heteroatoms. The Hall–Kier alpha value is -2.56. The van der Waals surface area contributed by atoms with E-state index in [0.29, 0.717) is 5.69 Å². The van der Waals surface area contributed by atoms with Gasteiger partial charge in [-0.25, -0.2) is 4.98 Å². The first kappa shape index (κ1) is 12.9. The summed E-state index contributed by atoms with van der Waals surface area (Å²) in [5.41, 5.74) is 1.47. The summed E-state index contributed by atoms with van der Waals surface area (Å²) in [4.78, 5) is 14.6. The third kappa shape index (κ3) is 3.45. The second-order valence-electron chi connectivity index (χ2n) is 4.12. The molecule has 19 heavy (non-hydrogen) atoms. The van der Waals surface area contributed by atoms with Crippen LogP contribution in [0.15, 0.2) is 54.6 Å². The van der Waals surface area contributed by atoms with E-state index in [4.69, 9.17) is 5.41 Å². The van der Waals surface area contributed by atoms with Crippen LogP contribution in [0.25, 0.3) is 0 Å². The molecule has 1 atom stereocenters. The standard InChI is InChI=1S/C14H13N3O2/c15-14-9-5-4-8-13(16-14)12(10-17(18)19)11-6-2-1-3-7-11/h1-9,12,15H,10H2/p+1. The van der Waals surface area contributed by atoms with Crippen molar-refractivity contribution in [2.75, 3.05) is 6.54 Å². The molecule has 0 fully saturated rings. The molecule has 0 saturated heterocycles. The number of nitrogens with zero attached hydrogens (tertiary/aromatic N) is 2. The van der Waals surface area contributed by atoms with Crippen LogP contribution in [0, 0.1) is 15.5 Å². The number of nitrogens with one attached hydrogen (secondary N) is 1. The molecule has 0 bridgehead atoms. The van der Waals surface area contributed by atoms with Gasteiger partial charge in [0.2, 0.25) is 6.54 Å². The normalized spacial score (nSPS) is 11.8. The predicted molar refractivity (Wildman–Crippen MR) is 71.4 cm³/mol. The molecular formula is C14H14N3O2+. The predicted octanol–water partition coefficient (Wildman–Crippen LogP) is 2.08. The Morgan fingerprint density at radius 2 is 1.79 bits per heavy atom. The Kier molecular flexibility index (Phi) is 3.97. The van der Waals surface area contributed by atoms with Crippen molar-refractivity contribution in [1.82, 2.24) is 4.98 Å². The minimum Gasteiger partial charge on any atom is -0.283 e. The van der Waals surface area contributed by atoms with Gasteiger partial charge in [-0.2, -0.15) is 0 Å². The van der Waals surface area contributed by atoms with E-state index in [0.717, 1.165) is 5.56 Å². The van der Waals surface area contributed by atoms with Gasteiger partial charge < -0.3 is 0 Å². The van der Waals surface area contributed by atoms with E-state index in [1.54, 1.807) is 24.3 Å². The first-order valence-corrected chi connectivity index (χ1v) is 5.85. The molecule has 0 saturated carbocycles. The van der Waals surface area contributed by atoms with E-state index in [-0.39, 0.29) is 18.4 Å². The number of benzene rings is 1. The summed E-state index contributed by atoms with van der Waals surface area (Å²) in [6.07, 6.45) is 0. The maximum absolute atomic E-state index is 10.9. The Bertz CT molecular complexity index is 635. The van der Waals surface area contributed by atoms with Crippen molar-refractivity contribution in [2.45, 2.75) is 5.92 Å². The summed E-state index contributed by atoms with van der Waals surface area (Å²) >= 11 is 0. The van der Waals surface area contributed by atoms with Gasteiger partial charge in [0.15, 0.2) is 0 Å². The summed E-state index contributed by atoms with van der Waals surface area (Å²) in [5.74, 6) is -0.437. The molecule has 1 aromatic heterocycles. The molecule has 0 aliphatic carbocycles. The van der Waals surface area contributed by atoms with Gasteiger partial charge in [0.25, 0.3) is 0 Å². The highest BCUT2D eigenvalue weighted by Gasteiger charge is 2.20. The van der Waals surface area contributed by atoms with Crippen LogP contribution in [0.3, 0.4) is 0 Å². The fraction of sp³-hybridized carbons (Fsp3) is 0.143. The van der Waals surface area contributed by atoms with Crippen LogP contribution < -0.4 is 5.49 Å². The average molecular weight is 256 g/mol. The minimum absolute atomic E-state index is 0. The monoisotopic (exact) mass is 256 g/mol. The Labute approximate surface area is 111 Å². The second kappa shape index (κ2) is 5.86. The molecule has 0 aliphatic heterocycles. The number of hydrogen-bond acceptors (Lipinski definition) is 4. The molecule has 1 N–H and O–H groups in total. The quantitative estimate of drug-likeness (QED) is 0.671. The molecule has 5 nitrogen and oxygen atoms in total. The Morgan fingerprint density at radius 3 is 2.47 bits per heavy atom. The second-order valence-corrected chi connectivity index (χ2v) is 4.12. The highest BCUT2D eigenvalue weighted by molar-refractivity contribution is 5.28. The first-order chi connectivity index (χ1) is 9.16. The average Bonchev–Trinajstić information content (AvgIpc) is 2.61. The molecular weight excluding hydrogens is 242 g/mol. The summed E-state index contributed by atoms with van der Waals surface area (Å²) in [6.45, 7) is -0.236. The zero-order valence-electron chi connectivity index (χ0n) is 11.2. The van der Waals surface area contributed by atoms with Gasteiger partial charge in [0.05, 0.1) is 11.6 Å². The smallest absolute Gasteiger partial charge is 0.283 e. The third-order valence-electron chi connectivity index (χ3n) is 2.77. The van der Waals surface area contributed by atoms with Gasteiger partial charge in [0, 0.05) is 4.92 Å². The fourth-order valence-electron chi connectivity index (χ4n) is 1.91. The van der Waals surface area contributed by atoms with Crippen LogP contribution in [0.4, 0.5) is 0 Å². The van der Waals surface area contributed by atoms with Crippen LogP contribution in [0.5, 0.6) is 0 Å². The lowest BCUT2D eigenvalue weighted by atomic mass is 9.96. The van der Waals surface area contributed by atoms with E-state index in [1.807, 2.05) is 30.3 Å². The molecule has 1 heterocycles. The molecule has 0 aliphatic rings. The van der Waals surface area contributed by atoms with Crippen molar-refractivity contribution in [3.05, 3.63) is 81.5 Å². The third-order valence-corrected chi connectivity index (χ3v) is 2.77. The van der Waals surface area contributed by atoms with Gasteiger partial charge in [-0.05, 0) is 17.7 Å². The van der Waals surface area contributed by atoms with Gasteiger partial charge in [-0.1, -0.05) is 42.5 Å². The van der Waals surface area contributed by atoms with Crippen molar-refractivity contribution in [2.24, 2.45) is 0 Å². The van der Waals surface area contributed by atoms with E-state index in [2.05, 4.69) is 4.98 Å². The van der Waals surface area contributed by atoms with Gasteiger partial charge >= 0.3 is 1.43 Å². The molecule has 2 rings (SSSR count). The molecule has 0 radical (unpaired) electrons. The lowest BCUT2D eigenvalue weighted by molar-refractivity contribution is -0.482. The summed E-state index contributed by atoms with van der Waals surface area (Å²) in [5, 5.41) is 18.5. The minimum atomic E-state index is -0.437. The van der Waals surface area contributed by atoms with E-state index < -0.39 is 5.92 Å². The molecule has 96 valence electrons. The summed E-state index contributed by atoms with van der Waals surface area (Å²) in [7, 11) is 0. The van der Waals surface area contributed by atoms with Crippen molar-refractivity contribution >= 4 is 0 Å². The summed E-state index contributed by atoms with van der Waals surface area (Å²) < 4.78 is 0. The Morgan fingerprint density at radius 1 is 1.16 bits per heavy atom. The van der Waals surface area contributed by atoms with Crippen LogP contribution in [0.2, 0.25) is 0 Å². The molecule has 1 unspecified atom stereocenters. The topological polar surface area (TPSA) is 79.9 Å². The fourth-order valence-corrected chi connectivity index (χ4v) is 1.91. The highest BCUT2D eigenvalue weighted by Crippen LogP contribution is 2.22. The van der Waals surface area contributed by atoms with E-state index >= 15 is 0 Å². The van der Waals surface area contributed by atoms with Crippen LogP contribution in [-0.4, -0.2) is 16.5 Å². The first-order valence-electron chi connectivity index (χ1n) is 5.85. The van der Waals surface area contributed by atoms with Gasteiger partial charge in [-0.15, -0.1) is 0 Å². The number of nitro groups is 1. The zero-order valence-corrected chi connectivity index (χ0v) is 10.2. The van der Waals surface area contributed by atoms with Crippen LogP contribution in [-0.2, 0) is 0 Å². The molecule has 1 aromatic carbocycles. The van der Waals surface area contributed by atoms with Crippen molar-refractivity contribution < 1.29 is 6.35 Å². The Balaban J connectivity index is 0.00000200. The summed E-state index contributed by atoms with van der Waals surface area (Å²) in [6, 6.07) is 15.9. The number of aromatic nitrogens is 1. The highest BCUT2D eigenvalue weighted by atomic mass is 16.6. The van der Waals surface area contributed by atoms with Crippen LogP contribution >= 0.6 is 0 Å². The maximum atomic E-state index is 10.9. The molecule has 0 spiro atoms. The molecule has 2 aromatic rings. The SMILES string of the molecule is N=c1ccccc(C(C[N+](=O)[O-])c2ccccc2)n1.[H+]. The maximum Gasteiger partial charge on any atom is 1.00 e.